The molecule has 0 saturated heterocycles. The number of nitrogens with zero attached hydrogens (tertiary/aromatic N) is 1. The molecule has 23 heavy (non-hydrogen) atoms. The van der Waals surface area contributed by atoms with Crippen LogP contribution in [0.3, 0.4) is 0 Å². The molecule has 5 nitrogen and oxygen atoms in total. The van der Waals surface area contributed by atoms with Gasteiger partial charge in [0.15, 0.2) is 11.5 Å². The summed E-state index contributed by atoms with van der Waals surface area (Å²) in [4.78, 5) is 13.7. The number of methoxy groups -OCH3 is 2. The van der Waals surface area contributed by atoms with Gasteiger partial charge in [0.25, 0.3) is 0 Å². The molecule has 0 heterocycles. The molecule has 1 rings (SSSR count). The lowest BCUT2D eigenvalue weighted by Crippen LogP contribution is -2.26. The van der Waals surface area contributed by atoms with Crippen LogP contribution in [0.4, 0.5) is 0 Å². The Morgan fingerprint density at radius 3 is 2.74 bits per heavy atom. The third kappa shape index (κ3) is 6.57. The molecule has 0 N–H and O–H groups in total. The number of likely N-dealkylation sites (N-methyl/N-ethyl adjacent to an activating group) is 1. The number of rotatable bonds is 10. The van der Waals surface area contributed by atoms with Crippen molar-refractivity contribution in [2.45, 2.75) is 6.42 Å². The molecule has 1 amide bonds. The summed E-state index contributed by atoms with van der Waals surface area (Å²) in [6.07, 6.45) is 5.79. The second kappa shape index (κ2) is 10.5. The zero-order valence-corrected chi connectivity index (χ0v) is 14.1. The van der Waals surface area contributed by atoms with Gasteiger partial charge in [-0.3, -0.25) is 4.79 Å². The summed E-state index contributed by atoms with van der Waals surface area (Å²) in [5.74, 6) is 1.22. The van der Waals surface area contributed by atoms with Crippen LogP contribution < -0.4 is 9.47 Å². The topological polar surface area (TPSA) is 48.0 Å². The van der Waals surface area contributed by atoms with Crippen LogP contribution in [0.15, 0.2) is 36.9 Å². The number of carbonyl (C=O) groups is 1. The molecule has 0 saturated carbocycles. The van der Waals surface area contributed by atoms with Crippen LogP contribution in [0.5, 0.6) is 11.5 Å². The highest BCUT2D eigenvalue weighted by molar-refractivity contribution is 5.91. The summed E-state index contributed by atoms with van der Waals surface area (Å²) in [6.45, 7) is 5.33. The van der Waals surface area contributed by atoms with Gasteiger partial charge in [-0.05, 0) is 30.2 Å². The van der Waals surface area contributed by atoms with E-state index in [-0.39, 0.29) is 5.91 Å². The van der Waals surface area contributed by atoms with Gasteiger partial charge < -0.3 is 19.1 Å². The summed E-state index contributed by atoms with van der Waals surface area (Å²) in [5.41, 5.74) is 0.867. The third-order valence-electron chi connectivity index (χ3n) is 3.18. The molecule has 126 valence electrons. The van der Waals surface area contributed by atoms with Gasteiger partial charge >= 0.3 is 0 Å². The van der Waals surface area contributed by atoms with Crippen LogP contribution in [-0.2, 0) is 9.53 Å². The molecule has 1 aromatic carbocycles. The van der Waals surface area contributed by atoms with E-state index in [0.29, 0.717) is 31.3 Å². The number of hydrogen-bond acceptors (Lipinski definition) is 4. The van der Waals surface area contributed by atoms with E-state index >= 15 is 0 Å². The second-order valence-electron chi connectivity index (χ2n) is 4.95. The Hall–Kier alpha value is -2.27. The van der Waals surface area contributed by atoms with Crippen LogP contribution in [0.25, 0.3) is 6.08 Å². The van der Waals surface area contributed by atoms with Crippen molar-refractivity contribution in [3.63, 3.8) is 0 Å². The van der Waals surface area contributed by atoms with E-state index in [4.69, 9.17) is 14.2 Å². The lowest BCUT2D eigenvalue weighted by atomic mass is 10.2. The summed E-state index contributed by atoms with van der Waals surface area (Å²) in [7, 11) is 5.00. The molecule has 0 aliphatic heterocycles. The Kier molecular flexibility index (Phi) is 8.54. The van der Waals surface area contributed by atoms with E-state index in [9.17, 15) is 4.79 Å². The average molecular weight is 319 g/mol. The first kappa shape index (κ1) is 18.8. The first-order chi connectivity index (χ1) is 11.1. The normalized spacial score (nSPS) is 10.6. The molecule has 0 aromatic heterocycles. The molecule has 0 bridgehead atoms. The number of benzene rings is 1. The number of carbonyl (C=O) groups excluding carboxylic acids is 1. The highest BCUT2D eigenvalue weighted by Gasteiger charge is 2.06. The van der Waals surface area contributed by atoms with E-state index in [2.05, 4.69) is 6.58 Å². The van der Waals surface area contributed by atoms with Crippen molar-refractivity contribution in [3.05, 3.63) is 42.5 Å². The quantitative estimate of drug-likeness (QED) is 0.378. The molecular formula is C18H25NO4. The maximum Gasteiger partial charge on any atom is 0.246 e. The van der Waals surface area contributed by atoms with Crippen LogP contribution in [0.1, 0.15) is 12.0 Å². The molecule has 0 aliphatic rings. The van der Waals surface area contributed by atoms with Crippen molar-refractivity contribution in [2.24, 2.45) is 0 Å². The molecule has 0 fully saturated rings. The fourth-order valence-corrected chi connectivity index (χ4v) is 1.91. The monoisotopic (exact) mass is 319 g/mol. The van der Waals surface area contributed by atoms with Gasteiger partial charge in [0.05, 0.1) is 7.11 Å². The van der Waals surface area contributed by atoms with Crippen molar-refractivity contribution in [1.29, 1.82) is 0 Å². The van der Waals surface area contributed by atoms with Gasteiger partial charge in [0.1, 0.15) is 6.61 Å². The maximum absolute atomic E-state index is 12.0. The maximum atomic E-state index is 12.0. The van der Waals surface area contributed by atoms with E-state index < -0.39 is 0 Å². The van der Waals surface area contributed by atoms with E-state index in [1.54, 1.807) is 44.4 Å². The minimum Gasteiger partial charge on any atom is -0.493 e. The fourth-order valence-electron chi connectivity index (χ4n) is 1.91. The second-order valence-corrected chi connectivity index (χ2v) is 4.95. The van der Waals surface area contributed by atoms with Gasteiger partial charge in [0, 0.05) is 33.4 Å². The van der Waals surface area contributed by atoms with Crippen molar-refractivity contribution in [3.8, 4) is 11.5 Å². The predicted molar refractivity (Wildman–Crippen MR) is 91.9 cm³/mol. The molecule has 1 aromatic rings. The van der Waals surface area contributed by atoms with Crippen molar-refractivity contribution in [2.75, 3.05) is 41.0 Å². The van der Waals surface area contributed by atoms with Crippen LogP contribution in [0.2, 0.25) is 0 Å². The average Bonchev–Trinajstić information content (AvgIpc) is 2.58. The molecule has 0 aliphatic carbocycles. The molecular weight excluding hydrogens is 294 g/mol. The van der Waals surface area contributed by atoms with E-state index in [1.165, 1.54) is 0 Å². The minimum absolute atomic E-state index is 0.0490. The Bertz CT molecular complexity index is 540. The summed E-state index contributed by atoms with van der Waals surface area (Å²) < 4.78 is 15.8. The van der Waals surface area contributed by atoms with Crippen molar-refractivity contribution in [1.82, 2.24) is 4.90 Å². The molecule has 0 spiro atoms. The standard InChI is InChI=1S/C18H25NO4/c1-5-12-23-16-9-7-15(14-17(16)22-4)8-10-18(20)19(2)11-6-13-21-3/h5,7-10,14H,1,6,11-13H2,2-4H3/b10-8+. The largest absolute Gasteiger partial charge is 0.493 e. The van der Waals surface area contributed by atoms with E-state index in [0.717, 1.165) is 12.0 Å². The van der Waals surface area contributed by atoms with Gasteiger partial charge in [-0.25, -0.2) is 0 Å². The summed E-state index contributed by atoms with van der Waals surface area (Å²) in [6, 6.07) is 5.51. The number of ether oxygens (including phenoxy) is 3. The Labute approximate surface area is 138 Å². The van der Waals surface area contributed by atoms with Crippen LogP contribution in [0, 0.1) is 0 Å². The highest BCUT2D eigenvalue weighted by atomic mass is 16.5. The summed E-state index contributed by atoms with van der Waals surface area (Å²) >= 11 is 0. The first-order valence-corrected chi connectivity index (χ1v) is 7.46. The predicted octanol–water partition coefficient (Wildman–Crippen LogP) is 2.77. The zero-order chi connectivity index (χ0) is 17.1. The van der Waals surface area contributed by atoms with Crippen LogP contribution >= 0.6 is 0 Å². The highest BCUT2D eigenvalue weighted by Crippen LogP contribution is 2.28. The number of hydrogen-bond donors (Lipinski definition) is 0. The number of amides is 1. The fraction of sp³-hybridized carbons (Fsp3) is 0.389. The van der Waals surface area contributed by atoms with Gasteiger partial charge in [-0.2, -0.15) is 0 Å². The van der Waals surface area contributed by atoms with Crippen molar-refractivity contribution >= 4 is 12.0 Å². The summed E-state index contributed by atoms with van der Waals surface area (Å²) in [5, 5.41) is 0. The Morgan fingerprint density at radius 2 is 2.09 bits per heavy atom. The smallest absolute Gasteiger partial charge is 0.246 e. The van der Waals surface area contributed by atoms with Gasteiger partial charge in [-0.1, -0.05) is 18.7 Å². The first-order valence-electron chi connectivity index (χ1n) is 7.46. The Morgan fingerprint density at radius 1 is 1.30 bits per heavy atom. The zero-order valence-electron chi connectivity index (χ0n) is 14.1. The van der Waals surface area contributed by atoms with Crippen LogP contribution in [-0.4, -0.2) is 51.8 Å². The van der Waals surface area contributed by atoms with E-state index in [1.807, 2.05) is 18.2 Å². The minimum atomic E-state index is -0.0490. The van der Waals surface area contributed by atoms with Crippen molar-refractivity contribution < 1.29 is 19.0 Å². The Balaban J connectivity index is 2.68. The molecule has 0 atom stereocenters. The molecule has 0 unspecified atom stereocenters. The molecule has 5 heteroatoms. The lowest BCUT2D eigenvalue weighted by molar-refractivity contribution is -0.124. The molecule has 0 radical (unpaired) electrons. The van der Waals surface area contributed by atoms with Gasteiger partial charge in [-0.15, -0.1) is 0 Å². The third-order valence-corrected chi connectivity index (χ3v) is 3.18. The SMILES string of the molecule is C=CCOc1ccc(/C=C/C(=O)N(C)CCCOC)cc1OC. The van der Waals surface area contributed by atoms with Gasteiger partial charge in [0.2, 0.25) is 5.91 Å². The lowest BCUT2D eigenvalue weighted by Gasteiger charge is -2.14.